The Kier molecular flexibility index (Phi) is 4.16. The Bertz CT molecular complexity index is 644. The first-order valence-corrected chi connectivity index (χ1v) is 6.04. The minimum Gasteiger partial charge on any atom is -0.478 e. The number of rotatable bonds is 4. The molecule has 0 aliphatic carbocycles. The van der Waals surface area contributed by atoms with Gasteiger partial charge in [0, 0.05) is 12.3 Å². The number of H-pyrrole nitrogens is 1. The molecule has 0 spiro atoms. The van der Waals surface area contributed by atoms with Crippen LogP contribution in [0.15, 0.2) is 21.9 Å². The Labute approximate surface area is 112 Å². The Hall–Kier alpha value is -2.19. The number of aliphatic hydroxyl groups excluding tert-OH is 1. The van der Waals surface area contributed by atoms with Crippen LogP contribution in [0.25, 0.3) is 6.08 Å². The third kappa shape index (κ3) is 3.03. The van der Waals surface area contributed by atoms with E-state index in [1.165, 1.54) is 10.8 Å². The molecule has 1 fully saturated rings. The lowest BCUT2D eigenvalue weighted by molar-refractivity contribution is -0.131. The lowest BCUT2D eigenvalue weighted by Gasteiger charge is -2.14. The number of aromatic amines is 1. The standard InChI is InChI=1S/C12H14N2O6/c15-6-8-2-3-9(20-8)14-5-7(1-4-10(16)17)11(18)13-12(14)19/h1,4-5,8-9,15H,2-3,6H2,(H,16,17)(H,13,18,19)/b4-1+/t8-,9+/m0/s1. The second kappa shape index (κ2) is 5.85. The maximum atomic E-state index is 11.7. The highest BCUT2D eigenvalue weighted by Gasteiger charge is 2.26. The number of hydrogen-bond acceptors (Lipinski definition) is 5. The van der Waals surface area contributed by atoms with Gasteiger partial charge in [-0.15, -0.1) is 0 Å². The molecule has 3 N–H and O–H groups in total. The number of aromatic nitrogens is 2. The normalized spacial score (nSPS) is 22.4. The summed E-state index contributed by atoms with van der Waals surface area (Å²) in [4.78, 5) is 35.8. The van der Waals surface area contributed by atoms with Crippen LogP contribution in [0.4, 0.5) is 0 Å². The molecule has 0 saturated carbocycles. The van der Waals surface area contributed by atoms with E-state index in [4.69, 9.17) is 14.9 Å². The average Bonchev–Trinajstić information content (AvgIpc) is 2.86. The number of ether oxygens (including phenoxy) is 1. The number of hydrogen-bond donors (Lipinski definition) is 3. The van der Waals surface area contributed by atoms with Gasteiger partial charge in [-0.2, -0.15) is 0 Å². The summed E-state index contributed by atoms with van der Waals surface area (Å²) in [7, 11) is 0. The molecule has 1 saturated heterocycles. The van der Waals surface area contributed by atoms with E-state index >= 15 is 0 Å². The zero-order valence-electron chi connectivity index (χ0n) is 10.5. The van der Waals surface area contributed by atoms with E-state index in [-0.39, 0.29) is 18.3 Å². The zero-order valence-corrected chi connectivity index (χ0v) is 10.5. The zero-order chi connectivity index (χ0) is 14.7. The minimum atomic E-state index is -1.19. The fraction of sp³-hybridized carbons (Fsp3) is 0.417. The molecule has 0 unspecified atom stereocenters. The van der Waals surface area contributed by atoms with Crippen LogP contribution in [0.2, 0.25) is 0 Å². The van der Waals surface area contributed by atoms with Gasteiger partial charge in [0.25, 0.3) is 5.56 Å². The largest absolute Gasteiger partial charge is 0.478 e. The van der Waals surface area contributed by atoms with E-state index in [9.17, 15) is 14.4 Å². The number of aliphatic carboxylic acids is 1. The van der Waals surface area contributed by atoms with Gasteiger partial charge in [-0.3, -0.25) is 14.3 Å². The van der Waals surface area contributed by atoms with E-state index < -0.39 is 23.4 Å². The number of nitrogens with zero attached hydrogens (tertiary/aromatic N) is 1. The monoisotopic (exact) mass is 282 g/mol. The van der Waals surface area contributed by atoms with Gasteiger partial charge in [-0.1, -0.05) is 0 Å². The molecule has 2 heterocycles. The molecule has 1 aromatic rings. The second-order valence-corrected chi connectivity index (χ2v) is 4.40. The molecule has 1 aliphatic rings. The number of carboxylic acids is 1. The van der Waals surface area contributed by atoms with Crippen molar-refractivity contribution in [2.45, 2.75) is 25.2 Å². The smallest absolute Gasteiger partial charge is 0.330 e. The number of carbonyl (C=O) groups is 1. The third-order valence-electron chi connectivity index (χ3n) is 3.00. The van der Waals surface area contributed by atoms with Crippen LogP contribution in [0.3, 0.4) is 0 Å². The highest BCUT2D eigenvalue weighted by atomic mass is 16.5. The van der Waals surface area contributed by atoms with Crippen LogP contribution in [-0.4, -0.2) is 38.4 Å². The predicted molar refractivity (Wildman–Crippen MR) is 68.2 cm³/mol. The molecule has 8 nitrogen and oxygen atoms in total. The summed E-state index contributed by atoms with van der Waals surface area (Å²) in [6.45, 7) is -0.139. The van der Waals surface area contributed by atoms with E-state index in [0.717, 1.165) is 12.2 Å². The molecule has 20 heavy (non-hydrogen) atoms. The molecule has 1 aliphatic heterocycles. The van der Waals surface area contributed by atoms with Crippen molar-refractivity contribution in [3.05, 3.63) is 38.7 Å². The van der Waals surface area contributed by atoms with Gasteiger partial charge in [-0.25, -0.2) is 9.59 Å². The predicted octanol–water partition coefficient (Wildman–Crippen LogP) is -0.696. The highest BCUT2D eigenvalue weighted by Crippen LogP contribution is 2.26. The van der Waals surface area contributed by atoms with Crippen LogP contribution >= 0.6 is 0 Å². The van der Waals surface area contributed by atoms with Crippen molar-refractivity contribution in [2.24, 2.45) is 0 Å². The first kappa shape index (κ1) is 14.2. The average molecular weight is 282 g/mol. The summed E-state index contributed by atoms with van der Waals surface area (Å²) in [6.07, 6.45) is 3.39. The molecule has 1 aromatic heterocycles. The van der Waals surface area contributed by atoms with Crippen LogP contribution in [0.1, 0.15) is 24.6 Å². The fourth-order valence-electron chi connectivity index (χ4n) is 2.02. The molecular weight excluding hydrogens is 268 g/mol. The van der Waals surface area contributed by atoms with E-state index in [0.29, 0.717) is 12.8 Å². The van der Waals surface area contributed by atoms with Gasteiger partial charge in [0.15, 0.2) is 0 Å². The van der Waals surface area contributed by atoms with Crippen LogP contribution < -0.4 is 11.2 Å². The van der Waals surface area contributed by atoms with Crippen molar-refractivity contribution in [1.29, 1.82) is 0 Å². The van der Waals surface area contributed by atoms with Crippen LogP contribution in [0.5, 0.6) is 0 Å². The van der Waals surface area contributed by atoms with Crippen molar-refractivity contribution in [3.8, 4) is 0 Å². The third-order valence-corrected chi connectivity index (χ3v) is 3.00. The Morgan fingerprint density at radius 3 is 2.85 bits per heavy atom. The van der Waals surface area contributed by atoms with Crippen LogP contribution in [0, 0.1) is 0 Å². The Balaban J connectivity index is 2.34. The van der Waals surface area contributed by atoms with Crippen molar-refractivity contribution < 1.29 is 19.7 Å². The van der Waals surface area contributed by atoms with E-state index in [1.807, 2.05) is 0 Å². The van der Waals surface area contributed by atoms with Gasteiger partial charge in [-0.05, 0) is 18.9 Å². The fourth-order valence-corrected chi connectivity index (χ4v) is 2.02. The van der Waals surface area contributed by atoms with Gasteiger partial charge in [0.05, 0.1) is 18.3 Å². The summed E-state index contributed by atoms with van der Waals surface area (Å²) < 4.78 is 6.64. The summed E-state index contributed by atoms with van der Waals surface area (Å²) in [5.74, 6) is -1.19. The highest BCUT2D eigenvalue weighted by molar-refractivity contribution is 5.85. The molecule has 2 rings (SSSR count). The molecule has 108 valence electrons. The number of nitrogens with one attached hydrogen (secondary N) is 1. The molecule has 2 atom stereocenters. The van der Waals surface area contributed by atoms with E-state index in [2.05, 4.69) is 4.98 Å². The Morgan fingerprint density at radius 1 is 1.50 bits per heavy atom. The maximum Gasteiger partial charge on any atom is 0.330 e. The van der Waals surface area contributed by atoms with Gasteiger partial charge in [0.1, 0.15) is 6.23 Å². The molecule has 0 aromatic carbocycles. The van der Waals surface area contributed by atoms with Crippen molar-refractivity contribution in [1.82, 2.24) is 9.55 Å². The molecule has 0 amide bonds. The lowest BCUT2D eigenvalue weighted by atomic mass is 10.2. The maximum absolute atomic E-state index is 11.7. The molecule has 0 radical (unpaired) electrons. The van der Waals surface area contributed by atoms with Gasteiger partial charge in [0.2, 0.25) is 0 Å². The SMILES string of the molecule is O=C(O)/C=C/c1cn([C@H]2CC[C@@H](CO)O2)c(=O)[nH]c1=O. The molecule has 8 heteroatoms. The second-order valence-electron chi connectivity index (χ2n) is 4.40. The molecular formula is C12H14N2O6. The van der Waals surface area contributed by atoms with Crippen LogP contribution in [-0.2, 0) is 9.53 Å². The first-order chi connectivity index (χ1) is 9.51. The summed E-state index contributed by atoms with van der Waals surface area (Å²) in [5.41, 5.74) is -1.26. The number of aliphatic hydroxyl groups is 1. The van der Waals surface area contributed by atoms with Crippen molar-refractivity contribution in [3.63, 3.8) is 0 Å². The van der Waals surface area contributed by atoms with Gasteiger partial charge < -0.3 is 14.9 Å². The summed E-state index contributed by atoms with van der Waals surface area (Å²) in [5, 5.41) is 17.5. The van der Waals surface area contributed by atoms with E-state index in [1.54, 1.807) is 0 Å². The molecule has 0 bridgehead atoms. The van der Waals surface area contributed by atoms with Gasteiger partial charge >= 0.3 is 11.7 Å². The summed E-state index contributed by atoms with van der Waals surface area (Å²) in [6, 6.07) is 0. The lowest BCUT2D eigenvalue weighted by Crippen LogP contribution is -2.33. The minimum absolute atomic E-state index is 0.0445. The topological polar surface area (TPSA) is 122 Å². The first-order valence-electron chi connectivity index (χ1n) is 6.04. The van der Waals surface area contributed by atoms with Crippen molar-refractivity contribution in [2.75, 3.05) is 6.61 Å². The Morgan fingerprint density at radius 2 is 2.25 bits per heavy atom. The quantitative estimate of drug-likeness (QED) is 0.628. The summed E-state index contributed by atoms with van der Waals surface area (Å²) >= 11 is 0. The van der Waals surface area contributed by atoms with Crippen molar-refractivity contribution >= 4 is 12.0 Å². The number of carboxylic acid groups (broad SMARTS) is 1.